The minimum atomic E-state index is -3.97. The molecule has 1 aromatic rings. The van der Waals surface area contributed by atoms with Gasteiger partial charge in [0.05, 0.1) is 0 Å². The maximum Gasteiger partial charge on any atom is 0.371 e. The number of furan rings is 1. The Morgan fingerprint density at radius 1 is 1.24 bits per heavy atom. The summed E-state index contributed by atoms with van der Waals surface area (Å²) in [5.74, 6) is -3.05. The SMILES string of the molecule is CN1CCN(C(=O)CS(=O)(=O)c2ccc(C(=O)O)o2)CC1. The third-order valence-corrected chi connectivity index (χ3v) is 4.73. The molecule has 1 fully saturated rings. The van der Waals surface area contributed by atoms with E-state index in [-0.39, 0.29) is 0 Å². The van der Waals surface area contributed by atoms with E-state index < -0.39 is 38.3 Å². The first-order chi connectivity index (χ1) is 9.79. The lowest BCUT2D eigenvalue weighted by Crippen LogP contribution is -2.48. The van der Waals surface area contributed by atoms with Crippen molar-refractivity contribution >= 4 is 21.7 Å². The number of sulfone groups is 1. The molecule has 0 spiro atoms. The van der Waals surface area contributed by atoms with Gasteiger partial charge in [-0.25, -0.2) is 13.2 Å². The molecular weight excluding hydrogens is 300 g/mol. The van der Waals surface area contributed by atoms with E-state index in [9.17, 15) is 18.0 Å². The zero-order valence-electron chi connectivity index (χ0n) is 11.5. The van der Waals surface area contributed by atoms with Crippen molar-refractivity contribution in [2.75, 3.05) is 39.0 Å². The Kier molecular flexibility index (Phi) is 4.33. The molecule has 2 rings (SSSR count). The molecule has 1 aliphatic heterocycles. The number of hydrogen-bond donors (Lipinski definition) is 1. The van der Waals surface area contributed by atoms with Crippen LogP contribution in [0.25, 0.3) is 0 Å². The monoisotopic (exact) mass is 316 g/mol. The van der Waals surface area contributed by atoms with E-state index >= 15 is 0 Å². The quantitative estimate of drug-likeness (QED) is 0.799. The van der Waals surface area contributed by atoms with Crippen LogP contribution in [0.1, 0.15) is 10.6 Å². The van der Waals surface area contributed by atoms with Gasteiger partial charge in [-0.1, -0.05) is 0 Å². The number of carbonyl (C=O) groups excluding carboxylic acids is 1. The Balaban J connectivity index is 2.06. The molecule has 0 saturated carbocycles. The second-order valence-corrected chi connectivity index (χ2v) is 6.79. The molecule has 2 heterocycles. The van der Waals surface area contributed by atoms with Crippen molar-refractivity contribution in [3.8, 4) is 0 Å². The average Bonchev–Trinajstić information content (AvgIpc) is 2.89. The van der Waals surface area contributed by atoms with E-state index in [2.05, 4.69) is 0 Å². The van der Waals surface area contributed by atoms with Gasteiger partial charge in [-0.3, -0.25) is 4.79 Å². The number of carbonyl (C=O) groups is 2. The number of amides is 1. The molecule has 0 atom stereocenters. The highest BCUT2D eigenvalue weighted by Crippen LogP contribution is 2.16. The van der Waals surface area contributed by atoms with E-state index in [1.54, 1.807) is 0 Å². The molecule has 1 aliphatic rings. The topological polar surface area (TPSA) is 108 Å². The molecule has 0 aliphatic carbocycles. The fraction of sp³-hybridized carbons (Fsp3) is 0.500. The van der Waals surface area contributed by atoms with Gasteiger partial charge in [0.2, 0.25) is 26.6 Å². The van der Waals surface area contributed by atoms with Crippen molar-refractivity contribution in [2.24, 2.45) is 0 Å². The largest absolute Gasteiger partial charge is 0.475 e. The van der Waals surface area contributed by atoms with E-state index in [4.69, 9.17) is 9.52 Å². The zero-order chi connectivity index (χ0) is 15.6. The predicted octanol–water partition coefficient (Wildman–Crippen LogP) is -0.474. The van der Waals surface area contributed by atoms with Crippen LogP contribution >= 0.6 is 0 Å². The second-order valence-electron chi connectivity index (χ2n) is 4.87. The normalized spacial score (nSPS) is 16.9. The van der Waals surface area contributed by atoms with Crippen LogP contribution in [0, 0.1) is 0 Å². The number of hydrogen-bond acceptors (Lipinski definition) is 6. The molecule has 1 saturated heterocycles. The summed E-state index contributed by atoms with van der Waals surface area (Å²) in [6.45, 7) is 2.33. The highest BCUT2D eigenvalue weighted by molar-refractivity contribution is 7.92. The van der Waals surface area contributed by atoms with Gasteiger partial charge >= 0.3 is 5.97 Å². The lowest BCUT2D eigenvalue weighted by molar-refractivity contribution is -0.129. The molecule has 9 heteroatoms. The highest BCUT2D eigenvalue weighted by atomic mass is 32.2. The predicted molar refractivity (Wildman–Crippen MR) is 71.8 cm³/mol. The maximum atomic E-state index is 12.0. The van der Waals surface area contributed by atoms with Crippen LogP contribution < -0.4 is 0 Å². The lowest BCUT2D eigenvalue weighted by atomic mass is 10.3. The van der Waals surface area contributed by atoms with Gasteiger partial charge in [-0.05, 0) is 19.2 Å². The number of nitrogens with zero attached hydrogens (tertiary/aromatic N) is 2. The van der Waals surface area contributed by atoms with Crippen molar-refractivity contribution < 1.29 is 27.5 Å². The van der Waals surface area contributed by atoms with Crippen LogP contribution in [0.3, 0.4) is 0 Å². The van der Waals surface area contributed by atoms with Gasteiger partial charge in [-0.15, -0.1) is 0 Å². The molecule has 0 radical (unpaired) electrons. The molecule has 0 unspecified atom stereocenters. The molecule has 8 nitrogen and oxygen atoms in total. The van der Waals surface area contributed by atoms with E-state index in [0.717, 1.165) is 12.1 Å². The highest BCUT2D eigenvalue weighted by Gasteiger charge is 2.28. The second kappa shape index (κ2) is 5.86. The Hall–Kier alpha value is -1.87. The van der Waals surface area contributed by atoms with Crippen LogP contribution in [-0.2, 0) is 14.6 Å². The fourth-order valence-corrected chi connectivity index (χ4v) is 3.13. The summed E-state index contributed by atoms with van der Waals surface area (Å²) in [7, 11) is -2.04. The number of aromatic carboxylic acids is 1. The first kappa shape index (κ1) is 15.5. The van der Waals surface area contributed by atoms with Crippen LogP contribution in [-0.4, -0.2) is 74.2 Å². The van der Waals surface area contributed by atoms with Crippen molar-refractivity contribution in [1.29, 1.82) is 0 Å². The molecule has 1 N–H and O–H groups in total. The van der Waals surface area contributed by atoms with Gasteiger partial charge in [0, 0.05) is 26.2 Å². The van der Waals surface area contributed by atoms with Crippen molar-refractivity contribution in [1.82, 2.24) is 9.80 Å². The number of rotatable bonds is 4. The summed E-state index contributed by atoms with van der Waals surface area (Å²) in [6, 6.07) is 2.10. The Labute approximate surface area is 121 Å². The number of piperazine rings is 1. The minimum absolute atomic E-state index is 0.472. The number of carboxylic acid groups (broad SMARTS) is 1. The van der Waals surface area contributed by atoms with Gasteiger partial charge in [-0.2, -0.15) is 0 Å². The average molecular weight is 316 g/mol. The van der Waals surface area contributed by atoms with Crippen molar-refractivity contribution in [2.45, 2.75) is 5.09 Å². The molecule has 1 amide bonds. The summed E-state index contributed by atoms with van der Waals surface area (Å²) in [5, 5.41) is 8.21. The molecular formula is C12H16N2O6S. The van der Waals surface area contributed by atoms with Gasteiger partial charge in [0.1, 0.15) is 5.75 Å². The summed E-state index contributed by atoms with van der Waals surface area (Å²) < 4.78 is 28.8. The summed E-state index contributed by atoms with van der Waals surface area (Å²) in [6.07, 6.45) is 0. The van der Waals surface area contributed by atoms with E-state index in [0.29, 0.717) is 26.2 Å². The summed E-state index contributed by atoms with van der Waals surface area (Å²) >= 11 is 0. The van der Waals surface area contributed by atoms with Crippen LogP contribution in [0.4, 0.5) is 0 Å². The number of likely N-dealkylation sites (N-methyl/N-ethyl adjacent to an activating group) is 1. The molecule has 0 bridgehead atoms. The first-order valence-corrected chi connectivity index (χ1v) is 7.97. The van der Waals surface area contributed by atoms with E-state index in [1.807, 2.05) is 11.9 Å². The first-order valence-electron chi connectivity index (χ1n) is 6.32. The smallest absolute Gasteiger partial charge is 0.371 e. The van der Waals surface area contributed by atoms with Crippen LogP contribution in [0.15, 0.2) is 21.6 Å². The maximum absolute atomic E-state index is 12.0. The Morgan fingerprint density at radius 2 is 1.86 bits per heavy atom. The Morgan fingerprint density at radius 3 is 2.38 bits per heavy atom. The van der Waals surface area contributed by atoms with Crippen molar-refractivity contribution in [3.63, 3.8) is 0 Å². The number of carboxylic acids is 1. The standard InChI is InChI=1S/C12H16N2O6S/c1-13-4-6-14(7-5-13)10(15)8-21(18,19)11-3-2-9(20-11)12(16)17/h2-3H,4-8H2,1H3,(H,16,17). The summed E-state index contributed by atoms with van der Waals surface area (Å²) in [4.78, 5) is 26.2. The molecule has 116 valence electrons. The zero-order valence-corrected chi connectivity index (χ0v) is 12.3. The van der Waals surface area contributed by atoms with Crippen molar-refractivity contribution in [3.05, 3.63) is 17.9 Å². The molecule has 0 aromatic carbocycles. The Bertz CT molecular complexity index is 642. The third kappa shape index (κ3) is 3.61. The third-order valence-electron chi connectivity index (χ3n) is 3.27. The summed E-state index contributed by atoms with van der Waals surface area (Å²) in [5.41, 5.74) is 0. The fourth-order valence-electron chi connectivity index (χ4n) is 1.98. The van der Waals surface area contributed by atoms with Crippen LogP contribution in [0.5, 0.6) is 0 Å². The van der Waals surface area contributed by atoms with Crippen LogP contribution in [0.2, 0.25) is 0 Å². The molecule has 1 aromatic heterocycles. The molecule has 21 heavy (non-hydrogen) atoms. The van der Waals surface area contributed by atoms with Gasteiger partial charge in [0.25, 0.3) is 0 Å². The van der Waals surface area contributed by atoms with E-state index in [1.165, 1.54) is 4.90 Å². The van der Waals surface area contributed by atoms with Gasteiger partial charge < -0.3 is 19.3 Å². The van der Waals surface area contributed by atoms with Gasteiger partial charge in [0.15, 0.2) is 0 Å². The lowest BCUT2D eigenvalue weighted by Gasteiger charge is -2.32. The minimum Gasteiger partial charge on any atom is -0.475 e.